The summed E-state index contributed by atoms with van der Waals surface area (Å²) in [6, 6.07) is 6.58. The van der Waals surface area contributed by atoms with E-state index in [9.17, 15) is 4.79 Å². The molecule has 21 heavy (non-hydrogen) atoms. The van der Waals surface area contributed by atoms with Crippen molar-refractivity contribution in [3.05, 3.63) is 46.2 Å². The Morgan fingerprint density at radius 1 is 1.19 bits per heavy atom. The lowest BCUT2D eigenvalue weighted by Gasteiger charge is -2.09. The number of hydrogen-bond acceptors (Lipinski definition) is 4. The molecule has 0 radical (unpaired) electrons. The van der Waals surface area contributed by atoms with Gasteiger partial charge in [0.15, 0.2) is 0 Å². The molecular weight excluding hydrogens is 311 g/mol. The van der Waals surface area contributed by atoms with E-state index in [1.54, 1.807) is 24.3 Å². The molecule has 110 valence electrons. The van der Waals surface area contributed by atoms with Gasteiger partial charge in [0, 0.05) is 17.9 Å². The van der Waals surface area contributed by atoms with Crippen LogP contribution < -0.4 is 10.6 Å². The van der Waals surface area contributed by atoms with E-state index in [4.69, 9.17) is 23.2 Å². The Labute approximate surface area is 132 Å². The lowest BCUT2D eigenvalue weighted by atomic mass is 10.3. The summed E-state index contributed by atoms with van der Waals surface area (Å²) in [5.74, 6) is 0.0642. The van der Waals surface area contributed by atoms with E-state index >= 15 is 0 Å². The molecule has 0 atom stereocenters. The SMILES string of the molecule is CC(C)Nc1nccc(C(=O)Nc2ccc(Cl)c(Cl)c2)n1. The Bertz CT molecular complexity index is 661. The number of rotatable bonds is 4. The second-order valence-corrected chi connectivity index (χ2v) is 5.46. The lowest BCUT2D eigenvalue weighted by Crippen LogP contribution is -2.17. The van der Waals surface area contributed by atoms with Crippen LogP contribution in [0.15, 0.2) is 30.5 Å². The number of carbonyl (C=O) groups is 1. The van der Waals surface area contributed by atoms with Gasteiger partial charge in [0.2, 0.25) is 5.95 Å². The minimum Gasteiger partial charge on any atom is -0.352 e. The van der Waals surface area contributed by atoms with Crippen LogP contribution in [0.5, 0.6) is 0 Å². The largest absolute Gasteiger partial charge is 0.352 e. The number of benzene rings is 1. The first-order valence-electron chi connectivity index (χ1n) is 6.31. The van der Waals surface area contributed by atoms with E-state index in [-0.39, 0.29) is 17.6 Å². The second kappa shape index (κ2) is 6.74. The van der Waals surface area contributed by atoms with Crippen molar-refractivity contribution in [1.29, 1.82) is 0 Å². The van der Waals surface area contributed by atoms with Crippen LogP contribution >= 0.6 is 23.2 Å². The van der Waals surface area contributed by atoms with E-state index in [0.717, 1.165) is 0 Å². The molecule has 1 aromatic heterocycles. The van der Waals surface area contributed by atoms with Crippen molar-refractivity contribution in [3.63, 3.8) is 0 Å². The fraction of sp³-hybridized carbons (Fsp3) is 0.214. The average Bonchev–Trinajstić information content (AvgIpc) is 2.42. The summed E-state index contributed by atoms with van der Waals surface area (Å²) in [5.41, 5.74) is 0.811. The van der Waals surface area contributed by atoms with E-state index in [0.29, 0.717) is 21.7 Å². The Kier molecular flexibility index (Phi) is 4.98. The minimum atomic E-state index is -0.345. The van der Waals surface area contributed by atoms with Crippen LogP contribution in [0.3, 0.4) is 0 Å². The van der Waals surface area contributed by atoms with Crippen molar-refractivity contribution in [2.45, 2.75) is 19.9 Å². The summed E-state index contributed by atoms with van der Waals surface area (Å²) in [6.07, 6.45) is 1.53. The highest BCUT2D eigenvalue weighted by atomic mass is 35.5. The highest BCUT2D eigenvalue weighted by Crippen LogP contribution is 2.25. The smallest absolute Gasteiger partial charge is 0.274 e. The quantitative estimate of drug-likeness (QED) is 0.896. The van der Waals surface area contributed by atoms with Crippen LogP contribution in [-0.2, 0) is 0 Å². The van der Waals surface area contributed by atoms with Crippen LogP contribution in [0, 0.1) is 0 Å². The van der Waals surface area contributed by atoms with Gasteiger partial charge < -0.3 is 10.6 Å². The first-order valence-corrected chi connectivity index (χ1v) is 7.07. The van der Waals surface area contributed by atoms with Crippen molar-refractivity contribution in [2.75, 3.05) is 10.6 Å². The predicted molar refractivity (Wildman–Crippen MR) is 85.2 cm³/mol. The number of hydrogen-bond donors (Lipinski definition) is 2. The molecular formula is C14H14Cl2N4O. The third-order valence-corrected chi connectivity index (χ3v) is 3.22. The molecule has 0 spiro atoms. The fourth-order valence-corrected chi connectivity index (χ4v) is 1.88. The van der Waals surface area contributed by atoms with Crippen molar-refractivity contribution < 1.29 is 4.79 Å². The number of nitrogens with one attached hydrogen (secondary N) is 2. The molecule has 1 aromatic carbocycles. The van der Waals surface area contributed by atoms with Crippen LogP contribution in [-0.4, -0.2) is 21.9 Å². The van der Waals surface area contributed by atoms with Crippen molar-refractivity contribution in [1.82, 2.24) is 9.97 Å². The summed E-state index contributed by atoms with van der Waals surface area (Å²) in [5, 5.41) is 6.55. The molecule has 2 aromatic rings. The van der Waals surface area contributed by atoms with E-state index in [2.05, 4.69) is 20.6 Å². The zero-order chi connectivity index (χ0) is 15.4. The Morgan fingerprint density at radius 3 is 2.62 bits per heavy atom. The molecule has 0 unspecified atom stereocenters. The molecule has 0 saturated carbocycles. The van der Waals surface area contributed by atoms with Crippen molar-refractivity contribution >= 4 is 40.7 Å². The predicted octanol–water partition coefficient (Wildman–Crippen LogP) is 3.86. The summed E-state index contributed by atoms with van der Waals surface area (Å²) in [6.45, 7) is 3.93. The summed E-state index contributed by atoms with van der Waals surface area (Å²) < 4.78 is 0. The maximum absolute atomic E-state index is 12.1. The van der Waals surface area contributed by atoms with Gasteiger partial charge in [0.25, 0.3) is 5.91 Å². The fourth-order valence-electron chi connectivity index (χ4n) is 1.58. The molecule has 0 saturated heterocycles. The van der Waals surface area contributed by atoms with Gasteiger partial charge in [-0.1, -0.05) is 23.2 Å². The zero-order valence-corrected chi connectivity index (χ0v) is 13.0. The van der Waals surface area contributed by atoms with Crippen molar-refractivity contribution in [3.8, 4) is 0 Å². The number of aromatic nitrogens is 2. The molecule has 2 N–H and O–H groups in total. The Balaban J connectivity index is 2.14. The Hall–Kier alpha value is -1.85. The number of carbonyl (C=O) groups excluding carboxylic acids is 1. The molecule has 0 fully saturated rings. The molecule has 0 aliphatic heterocycles. The maximum atomic E-state index is 12.1. The van der Waals surface area contributed by atoms with Crippen LogP contribution in [0.25, 0.3) is 0 Å². The number of nitrogens with zero attached hydrogens (tertiary/aromatic N) is 2. The number of halogens is 2. The molecule has 0 aliphatic rings. The number of anilines is 2. The van der Waals surface area contributed by atoms with Gasteiger partial charge in [0.1, 0.15) is 5.69 Å². The third-order valence-electron chi connectivity index (χ3n) is 2.48. The van der Waals surface area contributed by atoms with Gasteiger partial charge >= 0.3 is 0 Å². The summed E-state index contributed by atoms with van der Waals surface area (Å²) >= 11 is 11.7. The zero-order valence-electron chi connectivity index (χ0n) is 11.5. The standard InChI is InChI=1S/C14H14Cl2N4O/c1-8(2)18-14-17-6-5-12(20-14)13(21)19-9-3-4-10(15)11(16)7-9/h3-8H,1-2H3,(H,19,21)(H,17,18,20). The van der Waals surface area contributed by atoms with Crippen molar-refractivity contribution in [2.24, 2.45) is 0 Å². The van der Waals surface area contributed by atoms with Gasteiger partial charge in [-0.05, 0) is 38.1 Å². The molecule has 0 bridgehead atoms. The normalized spacial score (nSPS) is 10.5. The van der Waals surface area contributed by atoms with Crippen LogP contribution in [0.4, 0.5) is 11.6 Å². The summed E-state index contributed by atoms with van der Waals surface area (Å²) in [4.78, 5) is 20.4. The van der Waals surface area contributed by atoms with Crippen LogP contribution in [0.1, 0.15) is 24.3 Å². The average molecular weight is 325 g/mol. The van der Waals surface area contributed by atoms with Gasteiger partial charge in [-0.25, -0.2) is 9.97 Å². The third kappa shape index (κ3) is 4.31. The molecule has 0 aliphatic carbocycles. The summed E-state index contributed by atoms with van der Waals surface area (Å²) in [7, 11) is 0. The minimum absolute atomic E-state index is 0.179. The Morgan fingerprint density at radius 2 is 1.95 bits per heavy atom. The van der Waals surface area contributed by atoms with Gasteiger partial charge in [0.05, 0.1) is 10.0 Å². The van der Waals surface area contributed by atoms with Gasteiger partial charge in [-0.2, -0.15) is 0 Å². The highest BCUT2D eigenvalue weighted by molar-refractivity contribution is 6.42. The van der Waals surface area contributed by atoms with E-state index < -0.39 is 0 Å². The molecule has 1 heterocycles. The first kappa shape index (κ1) is 15.5. The van der Waals surface area contributed by atoms with Gasteiger partial charge in [-0.3, -0.25) is 4.79 Å². The van der Waals surface area contributed by atoms with Crippen LogP contribution in [0.2, 0.25) is 10.0 Å². The molecule has 2 rings (SSSR count). The maximum Gasteiger partial charge on any atom is 0.274 e. The lowest BCUT2D eigenvalue weighted by molar-refractivity contribution is 0.102. The van der Waals surface area contributed by atoms with E-state index in [1.807, 2.05) is 13.8 Å². The second-order valence-electron chi connectivity index (χ2n) is 4.65. The topological polar surface area (TPSA) is 66.9 Å². The molecule has 1 amide bonds. The molecule has 5 nitrogen and oxygen atoms in total. The van der Waals surface area contributed by atoms with Gasteiger partial charge in [-0.15, -0.1) is 0 Å². The monoisotopic (exact) mass is 324 g/mol. The first-order chi connectivity index (χ1) is 9.95. The number of amides is 1. The van der Waals surface area contributed by atoms with E-state index in [1.165, 1.54) is 6.20 Å². The molecule has 7 heteroatoms. The highest BCUT2D eigenvalue weighted by Gasteiger charge is 2.10.